The molecule has 0 radical (unpaired) electrons. The van der Waals surface area contributed by atoms with Gasteiger partial charge in [0.15, 0.2) is 4.34 Å². The molecule has 4 heteroatoms. The van der Waals surface area contributed by atoms with Gasteiger partial charge in [-0.3, -0.25) is 4.79 Å². The van der Waals surface area contributed by atoms with Gasteiger partial charge in [-0.1, -0.05) is 17.8 Å². The molecule has 1 aromatic heterocycles. The van der Waals surface area contributed by atoms with Crippen molar-refractivity contribution in [2.75, 3.05) is 0 Å². The van der Waals surface area contributed by atoms with Crippen molar-refractivity contribution < 1.29 is 4.79 Å². The van der Waals surface area contributed by atoms with E-state index in [0.29, 0.717) is 0 Å². The van der Waals surface area contributed by atoms with E-state index in [1.807, 2.05) is 30.5 Å². The number of rotatable bonds is 3. The molecule has 1 heterocycles. The zero-order valence-corrected chi connectivity index (χ0v) is 9.77. The van der Waals surface area contributed by atoms with Crippen molar-refractivity contribution in [1.82, 2.24) is 4.98 Å². The summed E-state index contributed by atoms with van der Waals surface area (Å²) in [6, 6.07) is 5.68. The fraction of sp³-hybridized carbons (Fsp3) is 0.0909. The number of carbonyl (C=O) groups is 1. The normalized spacial score (nSPS) is 10.2. The van der Waals surface area contributed by atoms with Crippen LogP contribution in [0.2, 0.25) is 0 Å². The monoisotopic (exact) mass is 235 g/mol. The number of aryl methyl sites for hydroxylation is 1. The Morgan fingerprint density at radius 1 is 1.47 bits per heavy atom. The van der Waals surface area contributed by atoms with Crippen LogP contribution in [0.3, 0.4) is 0 Å². The Morgan fingerprint density at radius 3 is 2.93 bits per heavy atom. The molecule has 2 nitrogen and oxygen atoms in total. The molecule has 0 fully saturated rings. The summed E-state index contributed by atoms with van der Waals surface area (Å²) in [5, 5.41) is 1.96. The zero-order valence-electron chi connectivity index (χ0n) is 8.14. The Morgan fingerprint density at radius 2 is 2.33 bits per heavy atom. The number of carbonyl (C=O) groups excluding carboxylic acids is 1. The molecule has 1 aromatic carbocycles. The van der Waals surface area contributed by atoms with Gasteiger partial charge in [-0.05, 0) is 24.6 Å². The second-order valence-electron chi connectivity index (χ2n) is 3.04. The summed E-state index contributed by atoms with van der Waals surface area (Å²) in [5.74, 6) is 0. The van der Waals surface area contributed by atoms with Crippen molar-refractivity contribution in [3.63, 3.8) is 0 Å². The molecule has 0 atom stereocenters. The molecule has 0 aliphatic rings. The number of benzene rings is 1. The first-order chi connectivity index (χ1) is 7.29. The average molecular weight is 235 g/mol. The highest BCUT2D eigenvalue weighted by atomic mass is 32.2. The van der Waals surface area contributed by atoms with Crippen molar-refractivity contribution in [2.45, 2.75) is 16.2 Å². The fourth-order valence-electron chi connectivity index (χ4n) is 1.22. The van der Waals surface area contributed by atoms with Gasteiger partial charge in [-0.15, -0.1) is 11.3 Å². The van der Waals surface area contributed by atoms with Gasteiger partial charge in [0, 0.05) is 22.0 Å². The first kappa shape index (κ1) is 10.4. The van der Waals surface area contributed by atoms with Crippen LogP contribution in [0.5, 0.6) is 0 Å². The van der Waals surface area contributed by atoms with Crippen molar-refractivity contribution in [3.05, 3.63) is 40.9 Å². The number of aromatic nitrogens is 1. The fourth-order valence-corrected chi connectivity index (χ4v) is 2.86. The third kappa shape index (κ3) is 2.46. The Hall–Kier alpha value is -1.13. The predicted molar refractivity (Wildman–Crippen MR) is 62.8 cm³/mol. The highest BCUT2D eigenvalue weighted by Gasteiger charge is 2.03. The molecule has 0 N–H and O–H groups in total. The van der Waals surface area contributed by atoms with Crippen LogP contribution in [0.1, 0.15) is 15.9 Å². The van der Waals surface area contributed by atoms with Crippen LogP contribution in [0.15, 0.2) is 39.0 Å². The molecule has 2 rings (SSSR count). The Bertz CT molecular complexity index is 465. The minimum Gasteiger partial charge on any atom is -0.298 e. The third-order valence-electron chi connectivity index (χ3n) is 1.94. The van der Waals surface area contributed by atoms with Crippen LogP contribution in [-0.4, -0.2) is 11.3 Å². The number of hydrogen-bond donors (Lipinski definition) is 0. The summed E-state index contributed by atoms with van der Waals surface area (Å²) in [6.07, 6.45) is 2.66. The zero-order chi connectivity index (χ0) is 10.7. The molecule has 0 bridgehead atoms. The predicted octanol–water partition coefficient (Wildman–Crippen LogP) is 3.42. The summed E-state index contributed by atoms with van der Waals surface area (Å²) in [6.45, 7) is 2.00. The Labute approximate surface area is 96.4 Å². The SMILES string of the molecule is Cc1cc(C=O)ccc1Sc1nccs1. The Kier molecular flexibility index (Phi) is 3.18. The van der Waals surface area contributed by atoms with E-state index >= 15 is 0 Å². The summed E-state index contributed by atoms with van der Waals surface area (Å²) in [4.78, 5) is 15.9. The molecule has 76 valence electrons. The molecule has 15 heavy (non-hydrogen) atoms. The number of nitrogens with zero attached hydrogens (tertiary/aromatic N) is 1. The largest absolute Gasteiger partial charge is 0.298 e. The summed E-state index contributed by atoms with van der Waals surface area (Å²) < 4.78 is 1.02. The van der Waals surface area contributed by atoms with Crippen molar-refractivity contribution in [3.8, 4) is 0 Å². The molecular formula is C11H9NOS2. The number of aldehydes is 1. The van der Waals surface area contributed by atoms with Crippen LogP contribution >= 0.6 is 23.1 Å². The van der Waals surface area contributed by atoms with Gasteiger partial charge in [0.05, 0.1) is 0 Å². The van der Waals surface area contributed by atoms with E-state index in [1.54, 1.807) is 29.3 Å². The van der Waals surface area contributed by atoms with Crippen molar-refractivity contribution >= 4 is 29.4 Å². The summed E-state index contributed by atoms with van der Waals surface area (Å²) in [7, 11) is 0. The molecule has 0 aliphatic carbocycles. The van der Waals surface area contributed by atoms with Gasteiger partial charge in [-0.2, -0.15) is 0 Å². The molecule has 0 amide bonds. The molecule has 0 unspecified atom stereocenters. The lowest BCUT2D eigenvalue weighted by atomic mass is 10.2. The van der Waals surface area contributed by atoms with E-state index < -0.39 is 0 Å². The van der Waals surface area contributed by atoms with E-state index in [0.717, 1.165) is 26.6 Å². The van der Waals surface area contributed by atoms with Gasteiger partial charge in [0.2, 0.25) is 0 Å². The van der Waals surface area contributed by atoms with E-state index in [9.17, 15) is 4.79 Å². The van der Waals surface area contributed by atoms with Crippen LogP contribution in [-0.2, 0) is 0 Å². The molecule has 0 aliphatic heterocycles. The maximum atomic E-state index is 10.6. The lowest BCUT2D eigenvalue weighted by Gasteiger charge is -2.03. The second kappa shape index (κ2) is 4.59. The van der Waals surface area contributed by atoms with E-state index in [1.165, 1.54) is 0 Å². The smallest absolute Gasteiger partial charge is 0.154 e. The maximum absolute atomic E-state index is 10.6. The van der Waals surface area contributed by atoms with Gasteiger partial charge in [-0.25, -0.2) is 4.98 Å². The summed E-state index contributed by atoms with van der Waals surface area (Å²) >= 11 is 3.25. The average Bonchev–Trinajstić information content (AvgIpc) is 2.74. The standard InChI is InChI=1S/C11H9NOS2/c1-8-6-9(7-13)2-3-10(8)15-11-12-4-5-14-11/h2-7H,1H3. The number of hydrogen-bond acceptors (Lipinski definition) is 4. The van der Waals surface area contributed by atoms with E-state index in [-0.39, 0.29) is 0 Å². The highest BCUT2D eigenvalue weighted by Crippen LogP contribution is 2.31. The van der Waals surface area contributed by atoms with Gasteiger partial charge < -0.3 is 0 Å². The van der Waals surface area contributed by atoms with Crippen LogP contribution in [0.4, 0.5) is 0 Å². The second-order valence-corrected chi connectivity index (χ2v) is 5.23. The topological polar surface area (TPSA) is 30.0 Å². The van der Waals surface area contributed by atoms with Gasteiger partial charge >= 0.3 is 0 Å². The molecule has 2 aromatic rings. The Balaban J connectivity index is 2.26. The lowest BCUT2D eigenvalue weighted by molar-refractivity contribution is 0.112. The maximum Gasteiger partial charge on any atom is 0.154 e. The molecule has 0 saturated heterocycles. The first-order valence-electron chi connectivity index (χ1n) is 4.43. The van der Waals surface area contributed by atoms with Crippen LogP contribution < -0.4 is 0 Å². The van der Waals surface area contributed by atoms with E-state index in [2.05, 4.69) is 4.98 Å². The quantitative estimate of drug-likeness (QED) is 0.764. The van der Waals surface area contributed by atoms with Crippen molar-refractivity contribution in [1.29, 1.82) is 0 Å². The minimum absolute atomic E-state index is 0.719. The van der Waals surface area contributed by atoms with Gasteiger partial charge in [0.25, 0.3) is 0 Å². The number of thiazole rings is 1. The summed E-state index contributed by atoms with van der Waals surface area (Å²) in [5.41, 5.74) is 1.83. The lowest BCUT2D eigenvalue weighted by Crippen LogP contribution is -1.84. The molecule has 0 saturated carbocycles. The van der Waals surface area contributed by atoms with Crippen LogP contribution in [0.25, 0.3) is 0 Å². The highest BCUT2D eigenvalue weighted by molar-refractivity contribution is 8.01. The molecule has 0 spiro atoms. The van der Waals surface area contributed by atoms with Crippen LogP contribution in [0, 0.1) is 6.92 Å². The van der Waals surface area contributed by atoms with Crippen molar-refractivity contribution in [2.24, 2.45) is 0 Å². The molecular weight excluding hydrogens is 226 g/mol. The van der Waals surface area contributed by atoms with E-state index in [4.69, 9.17) is 0 Å². The first-order valence-corrected chi connectivity index (χ1v) is 6.12. The minimum atomic E-state index is 0.719. The van der Waals surface area contributed by atoms with Gasteiger partial charge in [0.1, 0.15) is 6.29 Å². The third-order valence-corrected chi connectivity index (χ3v) is 4.00.